The number of carboxylic acid groups (broad SMARTS) is 1. The van der Waals surface area contributed by atoms with Gasteiger partial charge in [0.25, 0.3) is 0 Å². The van der Waals surface area contributed by atoms with Crippen molar-refractivity contribution in [2.45, 2.75) is 32.6 Å². The van der Waals surface area contributed by atoms with Gasteiger partial charge in [0, 0.05) is 24.3 Å². The Labute approximate surface area is 139 Å². The molecule has 2 N–H and O–H groups in total. The lowest BCUT2D eigenvalue weighted by molar-refractivity contribution is -0.120. The van der Waals surface area contributed by atoms with Crippen molar-refractivity contribution in [3.63, 3.8) is 0 Å². The van der Waals surface area contributed by atoms with Gasteiger partial charge in [-0.05, 0) is 17.7 Å². The lowest BCUT2D eigenvalue weighted by atomic mass is 10.1. The van der Waals surface area contributed by atoms with Gasteiger partial charge in [-0.2, -0.15) is 0 Å². The molecule has 0 spiro atoms. The lowest BCUT2D eigenvalue weighted by Crippen LogP contribution is -2.27. The van der Waals surface area contributed by atoms with Crippen molar-refractivity contribution in [1.82, 2.24) is 10.3 Å². The van der Waals surface area contributed by atoms with E-state index < -0.39 is 5.97 Å². The zero-order valence-corrected chi connectivity index (χ0v) is 14.0. The highest BCUT2D eigenvalue weighted by molar-refractivity contribution is 7.09. The van der Waals surface area contributed by atoms with Crippen LogP contribution in [0.1, 0.15) is 46.4 Å². The Morgan fingerprint density at radius 1 is 1.35 bits per heavy atom. The number of thiazole rings is 1. The van der Waals surface area contributed by atoms with Crippen molar-refractivity contribution in [3.05, 3.63) is 51.5 Å². The summed E-state index contributed by atoms with van der Waals surface area (Å²) in [5.41, 5.74) is 1.88. The standard InChI is InChI=1S/C17H20N2O3S/c1-11(2)16-19-14(10-23-16)6-7-18-15(20)9-12-4-3-5-13(8-12)17(21)22/h3-5,8,10-11H,6-7,9H2,1-2H3,(H,18,20)(H,21,22). The van der Waals surface area contributed by atoms with Gasteiger partial charge in [0.05, 0.1) is 22.7 Å². The average molecular weight is 332 g/mol. The first-order valence-electron chi connectivity index (χ1n) is 7.49. The minimum atomic E-state index is -0.989. The van der Waals surface area contributed by atoms with Crippen LogP contribution in [0.15, 0.2) is 29.6 Å². The molecule has 1 aromatic carbocycles. The van der Waals surface area contributed by atoms with E-state index in [1.807, 2.05) is 5.38 Å². The van der Waals surface area contributed by atoms with Gasteiger partial charge < -0.3 is 10.4 Å². The molecule has 23 heavy (non-hydrogen) atoms. The number of carboxylic acids is 1. The van der Waals surface area contributed by atoms with Gasteiger partial charge in [0.15, 0.2) is 0 Å². The van der Waals surface area contributed by atoms with Crippen LogP contribution in [0.2, 0.25) is 0 Å². The monoisotopic (exact) mass is 332 g/mol. The summed E-state index contributed by atoms with van der Waals surface area (Å²) >= 11 is 1.64. The highest BCUT2D eigenvalue weighted by Crippen LogP contribution is 2.19. The summed E-state index contributed by atoms with van der Waals surface area (Å²) in [6, 6.07) is 6.44. The fourth-order valence-corrected chi connectivity index (χ4v) is 2.96. The van der Waals surface area contributed by atoms with Gasteiger partial charge in [0.2, 0.25) is 5.91 Å². The van der Waals surface area contributed by atoms with E-state index in [0.29, 0.717) is 24.4 Å². The Bertz CT molecular complexity index is 695. The van der Waals surface area contributed by atoms with Crippen molar-refractivity contribution in [2.24, 2.45) is 0 Å². The molecule has 0 unspecified atom stereocenters. The molecule has 5 nitrogen and oxygen atoms in total. The molecule has 0 aliphatic carbocycles. The fourth-order valence-electron chi connectivity index (χ4n) is 2.09. The summed E-state index contributed by atoms with van der Waals surface area (Å²) in [7, 11) is 0. The summed E-state index contributed by atoms with van der Waals surface area (Å²) < 4.78 is 0. The Kier molecular flexibility index (Phi) is 5.87. The number of carbonyl (C=O) groups excluding carboxylic acids is 1. The molecule has 0 aliphatic rings. The lowest BCUT2D eigenvalue weighted by Gasteiger charge is -2.05. The molecular formula is C17H20N2O3S. The first-order chi connectivity index (χ1) is 11.0. The number of amides is 1. The van der Waals surface area contributed by atoms with E-state index in [1.54, 1.807) is 23.5 Å². The maximum atomic E-state index is 11.9. The van der Waals surface area contributed by atoms with Crippen molar-refractivity contribution in [3.8, 4) is 0 Å². The van der Waals surface area contributed by atoms with Crippen LogP contribution in [-0.4, -0.2) is 28.5 Å². The predicted octanol–water partition coefficient (Wildman–Crippen LogP) is 2.87. The third-order valence-corrected chi connectivity index (χ3v) is 4.50. The van der Waals surface area contributed by atoms with Gasteiger partial charge in [-0.25, -0.2) is 9.78 Å². The molecule has 122 valence electrons. The molecule has 6 heteroatoms. The quantitative estimate of drug-likeness (QED) is 0.817. The summed E-state index contributed by atoms with van der Waals surface area (Å²) in [4.78, 5) is 27.4. The van der Waals surface area contributed by atoms with Crippen LogP contribution in [0.4, 0.5) is 0 Å². The Balaban J connectivity index is 1.80. The number of aromatic carboxylic acids is 1. The van der Waals surface area contributed by atoms with Crippen LogP contribution < -0.4 is 5.32 Å². The van der Waals surface area contributed by atoms with E-state index in [2.05, 4.69) is 24.1 Å². The molecule has 2 rings (SSSR count). The number of nitrogens with one attached hydrogen (secondary N) is 1. The molecule has 0 fully saturated rings. The highest BCUT2D eigenvalue weighted by Gasteiger charge is 2.08. The molecule has 0 bridgehead atoms. The first-order valence-corrected chi connectivity index (χ1v) is 8.37. The van der Waals surface area contributed by atoms with Crippen molar-refractivity contribution in [2.75, 3.05) is 6.54 Å². The Morgan fingerprint density at radius 2 is 2.13 bits per heavy atom. The molecular weight excluding hydrogens is 312 g/mol. The van der Waals surface area contributed by atoms with Crippen LogP contribution in [0, 0.1) is 0 Å². The Morgan fingerprint density at radius 3 is 2.78 bits per heavy atom. The zero-order chi connectivity index (χ0) is 16.8. The van der Waals surface area contributed by atoms with Gasteiger partial charge in [-0.1, -0.05) is 26.0 Å². The van der Waals surface area contributed by atoms with E-state index in [9.17, 15) is 9.59 Å². The van der Waals surface area contributed by atoms with E-state index in [4.69, 9.17) is 5.11 Å². The van der Waals surface area contributed by atoms with Crippen molar-refractivity contribution < 1.29 is 14.7 Å². The van der Waals surface area contributed by atoms with Crippen molar-refractivity contribution >= 4 is 23.2 Å². The van der Waals surface area contributed by atoms with Crippen LogP contribution in [0.3, 0.4) is 0 Å². The summed E-state index contributed by atoms with van der Waals surface area (Å²) in [6.07, 6.45) is 0.875. The van der Waals surface area contributed by atoms with Gasteiger partial charge >= 0.3 is 5.97 Å². The van der Waals surface area contributed by atoms with Crippen molar-refractivity contribution in [1.29, 1.82) is 0 Å². The smallest absolute Gasteiger partial charge is 0.335 e. The molecule has 1 heterocycles. The van der Waals surface area contributed by atoms with E-state index in [0.717, 1.165) is 10.7 Å². The van der Waals surface area contributed by atoms with Gasteiger partial charge in [0.1, 0.15) is 0 Å². The van der Waals surface area contributed by atoms with Gasteiger partial charge in [-0.15, -0.1) is 11.3 Å². The number of benzene rings is 1. The van der Waals surface area contributed by atoms with E-state index >= 15 is 0 Å². The average Bonchev–Trinajstić information content (AvgIpc) is 2.96. The number of nitrogens with zero attached hydrogens (tertiary/aromatic N) is 1. The first kappa shape index (κ1) is 17.1. The number of carbonyl (C=O) groups is 2. The maximum absolute atomic E-state index is 11.9. The normalized spacial score (nSPS) is 10.7. The topological polar surface area (TPSA) is 79.3 Å². The second kappa shape index (κ2) is 7.87. The third-order valence-electron chi connectivity index (χ3n) is 3.31. The third kappa shape index (κ3) is 5.17. The SMILES string of the molecule is CC(C)c1nc(CCNC(=O)Cc2cccc(C(=O)O)c2)cs1. The van der Waals surface area contributed by atoms with Crippen LogP contribution in [0.25, 0.3) is 0 Å². The summed E-state index contributed by atoms with van der Waals surface area (Å²) in [5.74, 6) is -0.687. The molecule has 0 saturated heterocycles. The minimum absolute atomic E-state index is 0.119. The zero-order valence-electron chi connectivity index (χ0n) is 13.2. The van der Waals surface area contributed by atoms with E-state index in [1.165, 1.54) is 12.1 Å². The Hall–Kier alpha value is -2.21. The second-order valence-electron chi connectivity index (χ2n) is 5.61. The molecule has 0 aliphatic heterocycles. The molecule has 2 aromatic rings. The minimum Gasteiger partial charge on any atom is -0.478 e. The number of hydrogen-bond acceptors (Lipinski definition) is 4. The molecule has 0 radical (unpaired) electrons. The van der Waals surface area contributed by atoms with Crippen LogP contribution in [0.5, 0.6) is 0 Å². The van der Waals surface area contributed by atoms with E-state index in [-0.39, 0.29) is 17.9 Å². The molecule has 1 amide bonds. The molecule has 1 aromatic heterocycles. The van der Waals surface area contributed by atoms with Gasteiger partial charge in [-0.3, -0.25) is 4.79 Å². The number of hydrogen-bond donors (Lipinski definition) is 2. The van der Waals surface area contributed by atoms with Crippen LogP contribution in [-0.2, 0) is 17.6 Å². The maximum Gasteiger partial charge on any atom is 0.335 e. The summed E-state index contributed by atoms with van der Waals surface area (Å²) in [5, 5.41) is 14.9. The number of aromatic nitrogens is 1. The predicted molar refractivity (Wildman–Crippen MR) is 90.0 cm³/mol. The largest absolute Gasteiger partial charge is 0.478 e. The summed E-state index contributed by atoms with van der Waals surface area (Å²) in [6.45, 7) is 4.74. The fraction of sp³-hybridized carbons (Fsp3) is 0.353. The second-order valence-corrected chi connectivity index (χ2v) is 6.50. The molecule has 0 saturated carbocycles. The number of rotatable bonds is 7. The highest BCUT2D eigenvalue weighted by atomic mass is 32.1. The van der Waals surface area contributed by atoms with Crippen LogP contribution >= 0.6 is 11.3 Å². The molecule has 0 atom stereocenters.